The number of nitrogens with one attached hydrogen (secondary N) is 1. The third-order valence-electron chi connectivity index (χ3n) is 3.32. The molecule has 5 heteroatoms. The Labute approximate surface area is 103 Å². The molecule has 0 fully saturated rings. The lowest BCUT2D eigenvalue weighted by Gasteiger charge is -2.35. The molecule has 2 N–H and O–H groups in total. The Bertz CT molecular complexity index is 277. The molecule has 0 aromatic rings. The zero-order valence-electron chi connectivity index (χ0n) is 11.4. The van der Waals surface area contributed by atoms with Gasteiger partial charge in [0.05, 0.1) is 6.42 Å². The van der Waals surface area contributed by atoms with Crippen LogP contribution in [0.3, 0.4) is 0 Å². The van der Waals surface area contributed by atoms with E-state index in [0.717, 1.165) is 6.42 Å². The molecule has 1 atom stereocenters. The predicted molar refractivity (Wildman–Crippen MR) is 67.0 cm³/mol. The van der Waals surface area contributed by atoms with E-state index >= 15 is 0 Å². The Morgan fingerprint density at radius 3 is 2.24 bits per heavy atom. The largest absolute Gasteiger partial charge is 0.481 e. The number of carbonyl (C=O) groups is 2. The lowest BCUT2D eigenvalue weighted by atomic mass is 10.0. The molecule has 0 aromatic heterocycles. The lowest BCUT2D eigenvalue weighted by Crippen LogP contribution is -2.51. The number of carbonyl (C=O) groups excluding carboxylic acids is 1. The second-order valence-electron chi connectivity index (χ2n) is 4.88. The number of amides is 2. The maximum absolute atomic E-state index is 11.9. The van der Waals surface area contributed by atoms with Crippen molar-refractivity contribution < 1.29 is 14.7 Å². The minimum absolute atomic E-state index is 0.0391. The molecule has 17 heavy (non-hydrogen) atoms. The topological polar surface area (TPSA) is 69.6 Å². The van der Waals surface area contributed by atoms with E-state index in [4.69, 9.17) is 5.11 Å². The van der Waals surface area contributed by atoms with Crippen LogP contribution >= 0.6 is 0 Å². The van der Waals surface area contributed by atoms with E-state index in [1.54, 1.807) is 11.9 Å². The third kappa shape index (κ3) is 5.06. The van der Waals surface area contributed by atoms with Gasteiger partial charge < -0.3 is 15.3 Å². The molecule has 5 nitrogen and oxygen atoms in total. The average Bonchev–Trinajstić information content (AvgIpc) is 2.26. The summed E-state index contributed by atoms with van der Waals surface area (Å²) >= 11 is 0. The molecule has 0 aliphatic heterocycles. The molecular weight excluding hydrogens is 220 g/mol. The molecule has 0 aromatic carbocycles. The summed E-state index contributed by atoms with van der Waals surface area (Å²) in [5, 5.41) is 11.5. The van der Waals surface area contributed by atoms with Crippen LogP contribution in [0.4, 0.5) is 4.79 Å². The number of aliphatic carboxylic acids is 1. The Kier molecular flexibility index (Phi) is 5.99. The van der Waals surface area contributed by atoms with Gasteiger partial charge in [0.1, 0.15) is 0 Å². The molecule has 0 saturated carbocycles. The number of hydrogen-bond donors (Lipinski definition) is 2. The van der Waals surface area contributed by atoms with Gasteiger partial charge in [0.25, 0.3) is 0 Å². The Balaban J connectivity index is 4.46. The fourth-order valence-electron chi connectivity index (χ4n) is 1.29. The monoisotopic (exact) mass is 244 g/mol. The van der Waals surface area contributed by atoms with E-state index in [2.05, 4.69) is 5.32 Å². The summed E-state index contributed by atoms with van der Waals surface area (Å²) in [7, 11) is 1.73. The van der Waals surface area contributed by atoms with Crippen LogP contribution in [-0.2, 0) is 4.79 Å². The summed E-state index contributed by atoms with van der Waals surface area (Å²) < 4.78 is 0. The Morgan fingerprint density at radius 1 is 1.35 bits per heavy atom. The molecule has 0 aliphatic carbocycles. The minimum atomic E-state index is -0.894. The van der Waals surface area contributed by atoms with Crippen molar-refractivity contribution in [3.8, 4) is 0 Å². The second-order valence-corrected chi connectivity index (χ2v) is 4.88. The van der Waals surface area contributed by atoms with Crippen molar-refractivity contribution in [1.29, 1.82) is 0 Å². The van der Waals surface area contributed by atoms with Crippen molar-refractivity contribution in [1.82, 2.24) is 10.2 Å². The molecule has 0 saturated heterocycles. The number of rotatable bonds is 6. The van der Waals surface area contributed by atoms with E-state index in [0.29, 0.717) is 6.42 Å². The Morgan fingerprint density at radius 2 is 1.88 bits per heavy atom. The summed E-state index contributed by atoms with van der Waals surface area (Å²) in [4.78, 5) is 24.2. The van der Waals surface area contributed by atoms with Crippen molar-refractivity contribution in [2.24, 2.45) is 0 Å². The highest BCUT2D eigenvalue weighted by molar-refractivity contribution is 5.76. The first kappa shape index (κ1) is 15.7. The van der Waals surface area contributed by atoms with Gasteiger partial charge >= 0.3 is 12.0 Å². The van der Waals surface area contributed by atoms with E-state index in [9.17, 15) is 9.59 Å². The van der Waals surface area contributed by atoms with Crippen LogP contribution in [-0.4, -0.2) is 40.6 Å². The molecule has 0 heterocycles. The van der Waals surface area contributed by atoms with Gasteiger partial charge in [-0.05, 0) is 26.7 Å². The normalized spacial score (nSPS) is 13.0. The van der Waals surface area contributed by atoms with Crippen LogP contribution in [0.1, 0.15) is 47.0 Å². The summed E-state index contributed by atoms with van der Waals surface area (Å²) in [5.41, 5.74) is -0.231. The lowest BCUT2D eigenvalue weighted by molar-refractivity contribution is -0.137. The first-order valence-electron chi connectivity index (χ1n) is 6.00. The molecule has 0 rings (SSSR count). The van der Waals surface area contributed by atoms with Crippen LogP contribution in [0.15, 0.2) is 0 Å². The van der Waals surface area contributed by atoms with Gasteiger partial charge in [-0.25, -0.2) is 4.79 Å². The molecule has 0 radical (unpaired) electrons. The number of carboxylic acids is 1. The maximum atomic E-state index is 11.9. The van der Waals surface area contributed by atoms with Gasteiger partial charge in [0.2, 0.25) is 0 Å². The van der Waals surface area contributed by atoms with E-state index in [1.807, 2.05) is 27.7 Å². The molecule has 100 valence electrons. The SMILES string of the molecule is CCC(CC(=O)O)NC(=O)N(C)C(C)(C)CC. The Hall–Kier alpha value is -1.26. The minimum Gasteiger partial charge on any atom is -0.481 e. The summed E-state index contributed by atoms with van der Waals surface area (Å²) in [6.45, 7) is 7.83. The average molecular weight is 244 g/mol. The molecule has 0 spiro atoms. The molecule has 1 unspecified atom stereocenters. The van der Waals surface area contributed by atoms with Crippen LogP contribution in [0, 0.1) is 0 Å². The zero-order valence-corrected chi connectivity index (χ0v) is 11.4. The predicted octanol–water partition coefficient (Wildman–Crippen LogP) is 2.07. The fourth-order valence-corrected chi connectivity index (χ4v) is 1.29. The third-order valence-corrected chi connectivity index (χ3v) is 3.32. The second kappa shape index (κ2) is 6.47. The summed E-state index contributed by atoms with van der Waals surface area (Å²) in [5.74, 6) is -0.894. The van der Waals surface area contributed by atoms with Crippen LogP contribution in [0.5, 0.6) is 0 Å². The number of nitrogens with zero attached hydrogens (tertiary/aromatic N) is 1. The zero-order chi connectivity index (χ0) is 13.6. The number of urea groups is 1. The first-order chi connectivity index (χ1) is 7.74. The highest BCUT2D eigenvalue weighted by atomic mass is 16.4. The molecular formula is C12H24N2O3. The smallest absolute Gasteiger partial charge is 0.317 e. The number of carboxylic acid groups (broad SMARTS) is 1. The fraction of sp³-hybridized carbons (Fsp3) is 0.833. The van der Waals surface area contributed by atoms with Crippen molar-refractivity contribution in [3.63, 3.8) is 0 Å². The molecule has 2 amide bonds. The van der Waals surface area contributed by atoms with Crippen LogP contribution in [0.25, 0.3) is 0 Å². The van der Waals surface area contributed by atoms with Gasteiger partial charge in [0.15, 0.2) is 0 Å². The van der Waals surface area contributed by atoms with E-state index in [-0.39, 0.29) is 24.0 Å². The van der Waals surface area contributed by atoms with E-state index < -0.39 is 5.97 Å². The first-order valence-corrected chi connectivity index (χ1v) is 6.00. The van der Waals surface area contributed by atoms with Gasteiger partial charge in [-0.2, -0.15) is 0 Å². The van der Waals surface area contributed by atoms with E-state index in [1.165, 1.54) is 0 Å². The molecule has 0 bridgehead atoms. The van der Waals surface area contributed by atoms with Gasteiger partial charge in [-0.3, -0.25) is 4.79 Å². The van der Waals surface area contributed by atoms with Crippen molar-refractivity contribution in [2.75, 3.05) is 7.05 Å². The summed E-state index contributed by atoms with van der Waals surface area (Å²) in [6.07, 6.45) is 1.41. The van der Waals surface area contributed by atoms with Gasteiger partial charge in [-0.15, -0.1) is 0 Å². The van der Waals surface area contributed by atoms with Crippen molar-refractivity contribution in [3.05, 3.63) is 0 Å². The van der Waals surface area contributed by atoms with Crippen molar-refractivity contribution >= 4 is 12.0 Å². The van der Waals surface area contributed by atoms with Gasteiger partial charge in [0, 0.05) is 18.6 Å². The van der Waals surface area contributed by atoms with Crippen LogP contribution in [0.2, 0.25) is 0 Å². The number of hydrogen-bond acceptors (Lipinski definition) is 2. The standard InChI is InChI=1S/C12H24N2O3/c1-6-9(8-10(15)16)13-11(17)14(5)12(3,4)7-2/h9H,6-8H2,1-5H3,(H,13,17)(H,15,16). The van der Waals surface area contributed by atoms with Gasteiger partial charge in [-0.1, -0.05) is 13.8 Å². The highest BCUT2D eigenvalue weighted by Gasteiger charge is 2.27. The molecule has 0 aliphatic rings. The van der Waals surface area contributed by atoms with Crippen LogP contribution < -0.4 is 5.32 Å². The highest BCUT2D eigenvalue weighted by Crippen LogP contribution is 2.16. The van der Waals surface area contributed by atoms with Crippen molar-refractivity contribution in [2.45, 2.75) is 58.5 Å². The maximum Gasteiger partial charge on any atom is 0.317 e. The quantitative estimate of drug-likeness (QED) is 0.751. The summed E-state index contributed by atoms with van der Waals surface area (Å²) in [6, 6.07) is -0.528.